The minimum Gasteiger partial charge on any atom is -0.475 e. The number of benzene rings is 2. The molecule has 0 aliphatic carbocycles. The van der Waals surface area contributed by atoms with Gasteiger partial charge in [-0.1, -0.05) is 30.3 Å². The number of rotatable bonds is 5. The van der Waals surface area contributed by atoms with Gasteiger partial charge in [0.1, 0.15) is 5.69 Å². The van der Waals surface area contributed by atoms with Crippen molar-refractivity contribution in [3.8, 4) is 11.3 Å². The summed E-state index contributed by atoms with van der Waals surface area (Å²) in [5, 5.41) is 11.7. The van der Waals surface area contributed by atoms with E-state index >= 15 is 0 Å². The molecule has 0 amide bonds. The summed E-state index contributed by atoms with van der Waals surface area (Å²) >= 11 is 0. The summed E-state index contributed by atoms with van der Waals surface area (Å²) in [4.78, 5) is 27.7. The predicted octanol–water partition coefficient (Wildman–Crippen LogP) is 4.83. The highest BCUT2D eigenvalue weighted by atomic mass is 19.4. The van der Waals surface area contributed by atoms with Crippen LogP contribution in [0.3, 0.4) is 0 Å². The summed E-state index contributed by atoms with van der Waals surface area (Å²) in [5.41, 5.74) is 4.36. The van der Waals surface area contributed by atoms with E-state index in [0.717, 1.165) is 86.0 Å². The van der Waals surface area contributed by atoms with Gasteiger partial charge in [-0.3, -0.25) is 4.79 Å². The van der Waals surface area contributed by atoms with Crippen molar-refractivity contribution in [3.05, 3.63) is 65.1 Å². The number of para-hydroxylation sites is 3. The van der Waals surface area contributed by atoms with Crippen LogP contribution >= 0.6 is 0 Å². The molecule has 2 N–H and O–H groups in total. The molecule has 2 atom stereocenters. The van der Waals surface area contributed by atoms with E-state index in [-0.39, 0.29) is 11.7 Å². The largest absolute Gasteiger partial charge is 0.490 e. The maximum atomic E-state index is 13.9. The molecular formula is C29H31F3N4O4. The van der Waals surface area contributed by atoms with E-state index in [0.29, 0.717) is 11.6 Å². The van der Waals surface area contributed by atoms with Gasteiger partial charge in [-0.05, 0) is 62.9 Å². The number of carbonyl (C=O) groups is 1. The maximum Gasteiger partial charge on any atom is 0.490 e. The Morgan fingerprint density at radius 1 is 1.05 bits per heavy atom. The topological polar surface area (TPSA) is 98.4 Å². The van der Waals surface area contributed by atoms with Gasteiger partial charge in [0.2, 0.25) is 0 Å². The van der Waals surface area contributed by atoms with Crippen LogP contribution in [-0.4, -0.2) is 57.2 Å². The van der Waals surface area contributed by atoms with E-state index in [1.165, 1.54) is 0 Å². The fourth-order valence-corrected chi connectivity index (χ4v) is 5.48. The molecule has 8 nitrogen and oxygen atoms in total. The Balaban J connectivity index is 0.000000411. The number of hydrogen-bond acceptors (Lipinski definition) is 5. The van der Waals surface area contributed by atoms with Crippen molar-refractivity contribution < 1.29 is 27.8 Å². The van der Waals surface area contributed by atoms with Crippen molar-refractivity contribution >= 4 is 27.9 Å². The zero-order valence-corrected chi connectivity index (χ0v) is 21.9. The number of piperidine rings is 1. The summed E-state index contributed by atoms with van der Waals surface area (Å²) in [5.74, 6) is -2.30. The third-order valence-electron chi connectivity index (χ3n) is 7.40. The molecule has 2 saturated heterocycles. The zero-order chi connectivity index (χ0) is 28.3. The fraction of sp³-hybridized carbons (Fsp3) is 0.414. The molecule has 212 valence electrons. The first-order chi connectivity index (χ1) is 19.2. The number of aromatic nitrogens is 3. The van der Waals surface area contributed by atoms with Gasteiger partial charge >= 0.3 is 12.1 Å². The van der Waals surface area contributed by atoms with Gasteiger partial charge in [0, 0.05) is 42.4 Å². The molecule has 2 fully saturated rings. The van der Waals surface area contributed by atoms with Crippen LogP contribution in [-0.2, 0) is 22.6 Å². The van der Waals surface area contributed by atoms with E-state index in [2.05, 4.69) is 34.3 Å². The summed E-state index contributed by atoms with van der Waals surface area (Å²) < 4.78 is 41.8. The second-order valence-corrected chi connectivity index (χ2v) is 10.2. The summed E-state index contributed by atoms with van der Waals surface area (Å²) in [6.45, 7) is 4.38. The highest BCUT2D eigenvalue weighted by Crippen LogP contribution is 2.30. The number of aliphatic carboxylic acids is 1. The normalized spacial score (nSPS) is 19.5. The Morgan fingerprint density at radius 2 is 1.77 bits per heavy atom. The van der Waals surface area contributed by atoms with Gasteiger partial charge < -0.3 is 24.3 Å². The second-order valence-electron chi connectivity index (χ2n) is 10.2. The SMILES string of the molecule is O=C(O)C(F)(F)F.O=c1c(-c2cn(CC3CCCO3)c3ccccc23)nc2ccccc2n1CC1CCCNC1. The quantitative estimate of drug-likeness (QED) is 0.366. The van der Waals surface area contributed by atoms with Gasteiger partial charge in [-0.2, -0.15) is 13.2 Å². The number of carboxylic acid groups (broad SMARTS) is 1. The van der Waals surface area contributed by atoms with Crippen molar-refractivity contribution in [3.63, 3.8) is 0 Å². The summed E-state index contributed by atoms with van der Waals surface area (Å²) in [6.07, 6.45) is 1.76. The molecule has 2 aromatic heterocycles. The van der Waals surface area contributed by atoms with Crippen LogP contribution in [0.2, 0.25) is 0 Å². The first-order valence-corrected chi connectivity index (χ1v) is 13.4. The average molecular weight is 557 g/mol. The number of alkyl halides is 3. The molecule has 0 radical (unpaired) electrons. The van der Waals surface area contributed by atoms with Crippen LogP contribution in [0.5, 0.6) is 0 Å². The molecule has 4 aromatic rings. The van der Waals surface area contributed by atoms with Crippen LogP contribution in [0.15, 0.2) is 59.5 Å². The van der Waals surface area contributed by atoms with E-state index in [4.69, 9.17) is 19.6 Å². The molecular weight excluding hydrogens is 525 g/mol. The third kappa shape index (κ3) is 6.05. The molecule has 2 aromatic carbocycles. The number of fused-ring (bicyclic) bond motifs is 2. The Bertz CT molecular complexity index is 1550. The smallest absolute Gasteiger partial charge is 0.475 e. The van der Waals surface area contributed by atoms with Crippen LogP contribution < -0.4 is 10.9 Å². The number of hydrogen-bond donors (Lipinski definition) is 2. The Labute approximate surface area is 228 Å². The van der Waals surface area contributed by atoms with Gasteiger partial charge in [0.15, 0.2) is 0 Å². The standard InChI is InChI=1S/C27H30N4O2.C2HF3O2/c32-27-26(22-18-30(17-20-8-6-14-33-20)24-11-3-1-9-21(22)24)29-23-10-2-4-12-25(23)31(27)16-19-7-5-13-28-15-19;3-2(4,5)1(6)7/h1-4,9-12,18-20,28H,5-8,13-17H2;(H,6,7). The first-order valence-electron chi connectivity index (χ1n) is 13.4. The molecule has 6 rings (SSSR count). The first kappa shape index (κ1) is 27.9. The molecule has 0 bridgehead atoms. The fourth-order valence-electron chi connectivity index (χ4n) is 5.48. The molecule has 0 saturated carbocycles. The lowest BCUT2D eigenvalue weighted by Crippen LogP contribution is -2.35. The second kappa shape index (κ2) is 11.8. The zero-order valence-electron chi connectivity index (χ0n) is 21.9. The summed E-state index contributed by atoms with van der Waals surface area (Å²) in [6, 6.07) is 16.3. The lowest BCUT2D eigenvalue weighted by molar-refractivity contribution is -0.192. The van der Waals surface area contributed by atoms with Crippen LogP contribution in [0, 0.1) is 5.92 Å². The van der Waals surface area contributed by atoms with Crippen molar-refractivity contribution in [2.24, 2.45) is 5.92 Å². The number of ether oxygens (including phenoxy) is 1. The average Bonchev–Trinajstić information content (AvgIpc) is 3.59. The van der Waals surface area contributed by atoms with Crippen molar-refractivity contribution in [1.29, 1.82) is 0 Å². The lowest BCUT2D eigenvalue weighted by atomic mass is 9.99. The van der Waals surface area contributed by atoms with Gasteiger partial charge in [0.25, 0.3) is 5.56 Å². The highest BCUT2D eigenvalue weighted by Gasteiger charge is 2.38. The van der Waals surface area contributed by atoms with E-state index in [9.17, 15) is 18.0 Å². The minimum atomic E-state index is -5.08. The molecule has 2 unspecified atom stereocenters. The van der Waals surface area contributed by atoms with E-state index < -0.39 is 12.1 Å². The van der Waals surface area contributed by atoms with Crippen LogP contribution in [0.4, 0.5) is 13.2 Å². The lowest BCUT2D eigenvalue weighted by Gasteiger charge is -2.24. The molecule has 4 heterocycles. The Morgan fingerprint density at radius 3 is 2.45 bits per heavy atom. The van der Waals surface area contributed by atoms with Crippen molar-refractivity contribution in [2.75, 3.05) is 19.7 Å². The van der Waals surface area contributed by atoms with Gasteiger partial charge in [-0.15, -0.1) is 0 Å². The highest BCUT2D eigenvalue weighted by molar-refractivity contribution is 5.96. The monoisotopic (exact) mass is 556 g/mol. The van der Waals surface area contributed by atoms with Crippen LogP contribution in [0.1, 0.15) is 25.7 Å². The predicted molar refractivity (Wildman–Crippen MR) is 145 cm³/mol. The minimum absolute atomic E-state index is 0.000655. The Hall–Kier alpha value is -3.70. The molecule has 2 aliphatic rings. The maximum absolute atomic E-state index is 13.9. The molecule has 2 aliphatic heterocycles. The number of nitrogens with one attached hydrogen (secondary N) is 1. The Kier molecular flexibility index (Phi) is 8.22. The molecule has 40 heavy (non-hydrogen) atoms. The number of nitrogens with zero attached hydrogens (tertiary/aromatic N) is 3. The van der Waals surface area contributed by atoms with Gasteiger partial charge in [-0.25, -0.2) is 9.78 Å². The summed E-state index contributed by atoms with van der Waals surface area (Å²) in [7, 11) is 0. The third-order valence-corrected chi connectivity index (χ3v) is 7.40. The van der Waals surface area contributed by atoms with Gasteiger partial charge in [0.05, 0.1) is 17.1 Å². The van der Waals surface area contributed by atoms with Crippen molar-refractivity contribution in [2.45, 2.75) is 51.1 Å². The molecule has 11 heteroatoms. The van der Waals surface area contributed by atoms with E-state index in [1.54, 1.807) is 0 Å². The molecule has 0 spiro atoms. The van der Waals surface area contributed by atoms with Crippen molar-refractivity contribution in [1.82, 2.24) is 19.4 Å². The number of halogens is 3. The van der Waals surface area contributed by atoms with E-state index in [1.807, 2.05) is 34.9 Å². The van der Waals surface area contributed by atoms with Crippen LogP contribution in [0.25, 0.3) is 33.2 Å². The number of carboxylic acids is 1.